The predicted octanol–water partition coefficient (Wildman–Crippen LogP) is 5.37. The molecule has 100 valence electrons. The zero-order valence-corrected chi connectivity index (χ0v) is 12.4. The third-order valence-corrected chi connectivity index (χ3v) is 4.62. The van der Waals surface area contributed by atoms with Gasteiger partial charge >= 0.3 is 0 Å². The van der Waals surface area contributed by atoms with Crippen molar-refractivity contribution in [1.82, 2.24) is 0 Å². The van der Waals surface area contributed by atoms with Crippen LogP contribution in [0.2, 0.25) is 5.02 Å². The molecule has 0 radical (unpaired) electrons. The van der Waals surface area contributed by atoms with Crippen LogP contribution < -0.4 is 5.73 Å². The highest BCUT2D eigenvalue weighted by atomic mass is 35.5. The van der Waals surface area contributed by atoms with Gasteiger partial charge in [0.1, 0.15) is 0 Å². The summed E-state index contributed by atoms with van der Waals surface area (Å²) in [6, 6.07) is 20.7. The summed E-state index contributed by atoms with van der Waals surface area (Å²) < 4.78 is 0. The smallest absolute Gasteiger partial charge is 0.0646 e. The highest BCUT2D eigenvalue weighted by Gasteiger charge is 2.03. The molecule has 0 heterocycles. The van der Waals surface area contributed by atoms with Gasteiger partial charge < -0.3 is 5.73 Å². The van der Waals surface area contributed by atoms with Crippen LogP contribution >= 0.6 is 23.4 Å². The van der Waals surface area contributed by atoms with Crippen molar-refractivity contribution in [3.8, 4) is 0 Å². The number of hydrogen-bond acceptors (Lipinski definition) is 2. The molecule has 2 N–H and O–H groups in total. The molecular formula is C17H14ClNS. The summed E-state index contributed by atoms with van der Waals surface area (Å²) in [5.74, 6) is 0.918. The molecule has 0 bridgehead atoms. The van der Waals surface area contributed by atoms with Crippen molar-refractivity contribution < 1.29 is 0 Å². The van der Waals surface area contributed by atoms with Crippen molar-refractivity contribution in [2.24, 2.45) is 0 Å². The number of anilines is 1. The van der Waals surface area contributed by atoms with E-state index >= 15 is 0 Å². The summed E-state index contributed by atoms with van der Waals surface area (Å²) in [6.07, 6.45) is 0. The minimum absolute atomic E-state index is 0.618. The standard InChI is InChI=1S/C17H14ClNS/c18-16-10-14(8-9-17(16)19)20-11-13-6-3-5-12-4-1-2-7-15(12)13/h1-10H,11,19H2. The largest absolute Gasteiger partial charge is 0.398 e. The van der Waals surface area contributed by atoms with E-state index in [0.717, 1.165) is 10.6 Å². The summed E-state index contributed by atoms with van der Waals surface area (Å²) in [5.41, 5.74) is 7.69. The van der Waals surface area contributed by atoms with Gasteiger partial charge in [0.25, 0.3) is 0 Å². The van der Waals surface area contributed by atoms with Gasteiger partial charge in [-0.2, -0.15) is 0 Å². The monoisotopic (exact) mass is 299 g/mol. The molecule has 1 nitrogen and oxygen atoms in total. The first-order valence-corrected chi connectivity index (χ1v) is 7.75. The Kier molecular flexibility index (Phi) is 3.86. The Balaban J connectivity index is 1.85. The van der Waals surface area contributed by atoms with E-state index in [4.69, 9.17) is 17.3 Å². The number of nitrogen functional groups attached to an aromatic ring is 1. The number of fused-ring (bicyclic) bond motifs is 1. The topological polar surface area (TPSA) is 26.0 Å². The van der Waals surface area contributed by atoms with Crippen LogP contribution in [-0.4, -0.2) is 0 Å². The summed E-state index contributed by atoms with van der Waals surface area (Å²) >= 11 is 7.82. The number of benzene rings is 3. The fourth-order valence-corrected chi connectivity index (χ4v) is 3.36. The van der Waals surface area contributed by atoms with Gasteiger partial charge in [-0.05, 0) is 34.5 Å². The molecule has 3 aromatic carbocycles. The fraction of sp³-hybridized carbons (Fsp3) is 0.0588. The van der Waals surface area contributed by atoms with Gasteiger partial charge in [0.2, 0.25) is 0 Å². The summed E-state index contributed by atoms with van der Waals surface area (Å²) in [4.78, 5) is 1.14. The minimum Gasteiger partial charge on any atom is -0.398 e. The molecule has 0 aromatic heterocycles. The van der Waals surface area contributed by atoms with Gasteiger partial charge in [0.15, 0.2) is 0 Å². The maximum Gasteiger partial charge on any atom is 0.0646 e. The third kappa shape index (κ3) is 2.77. The van der Waals surface area contributed by atoms with Gasteiger partial charge in [0, 0.05) is 10.6 Å². The molecule has 0 atom stereocenters. The number of rotatable bonds is 3. The summed E-state index contributed by atoms with van der Waals surface area (Å²) in [6.45, 7) is 0. The summed E-state index contributed by atoms with van der Waals surface area (Å²) in [5, 5.41) is 3.21. The number of thioether (sulfide) groups is 1. The van der Waals surface area contributed by atoms with Crippen LogP contribution in [0.1, 0.15) is 5.56 Å². The second-order valence-corrected chi connectivity index (χ2v) is 6.07. The molecule has 0 unspecified atom stereocenters. The molecule has 0 amide bonds. The fourth-order valence-electron chi connectivity index (χ4n) is 2.18. The quantitative estimate of drug-likeness (QED) is 0.520. The second kappa shape index (κ2) is 5.78. The molecule has 0 aliphatic carbocycles. The lowest BCUT2D eigenvalue weighted by Crippen LogP contribution is -1.87. The van der Waals surface area contributed by atoms with Crippen molar-refractivity contribution >= 4 is 39.8 Å². The third-order valence-electron chi connectivity index (χ3n) is 3.25. The van der Waals surface area contributed by atoms with Crippen LogP contribution in [-0.2, 0) is 5.75 Å². The van der Waals surface area contributed by atoms with Crippen LogP contribution in [0.3, 0.4) is 0 Å². The molecule has 0 spiro atoms. The van der Waals surface area contributed by atoms with E-state index in [1.807, 2.05) is 18.2 Å². The Morgan fingerprint density at radius 2 is 1.75 bits per heavy atom. The first-order valence-electron chi connectivity index (χ1n) is 6.38. The predicted molar refractivity (Wildman–Crippen MR) is 89.4 cm³/mol. The maximum absolute atomic E-state index is 6.05. The highest BCUT2D eigenvalue weighted by molar-refractivity contribution is 7.98. The lowest BCUT2D eigenvalue weighted by molar-refractivity contribution is 1.41. The molecule has 0 saturated carbocycles. The molecule has 20 heavy (non-hydrogen) atoms. The molecule has 0 saturated heterocycles. The molecule has 0 fully saturated rings. The van der Waals surface area contributed by atoms with E-state index in [9.17, 15) is 0 Å². The van der Waals surface area contributed by atoms with Crippen molar-refractivity contribution in [2.45, 2.75) is 10.6 Å². The first-order chi connectivity index (χ1) is 9.74. The molecular weight excluding hydrogens is 286 g/mol. The molecule has 3 rings (SSSR count). The van der Waals surface area contributed by atoms with Gasteiger partial charge in [0.05, 0.1) is 10.7 Å². The summed E-state index contributed by atoms with van der Waals surface area (Å²) in [7, 11) is 0. The second-order valence-electron chi connectivity index (χ2n) is 4.61. The molecule has 3 aromatic rings. The zero-order valence-electron chi connectivity index (χ0n) is 10.8. The van der Waals surface area contributed by atoms with Gasteiger partial charge in [-0.3, -0.25) is 0 Å². The van der Waals surface area contributed by atoms with E-state index in [1.54, 1.807) is 11.8 Å². The van der Waals surface area contributed by atoms with Crippen LogP contribution in [0.4, 0.5) is 5.69 Å². The van der Waals surface area contributed by atoms with Crippen molar-refractivity contribution in [3.63, 3.8) is 0 Å². The van der Waals surface area contributed by atoms with E-state index in [1.165, 1.54) is 16.3 Å². The van der Waals surface area contributed by atoms with Gasteiger partial charge in [-0.1, -0.05) is 54.1 Å². The molecule has 3 heteroatoms. The van der Waals surface area contributed by atoms with E-state index in [0.29, 0.717) is 10.7 Å². The van der Waals surface area contributed by atoms with Crippen molar-refractivity contribution in [1.29, 1.82) is 0 Å². The Morgan fingerprint density at radius 3 is 2.60 bits per heavy atom. The van der Waals surface area contributed by atoms with Gasteiger partial charge in [-0.15, -0.1) is 11.8 Å². The number of halogens is 1. The Morgan fingerprint density at radius 1 is 0.950 bits per heavy atom. The average molecular weight is 300 g/mol. The van der Waals surface area contributed by atoms with E-state index in [-0.39, 0.29) is 0 Å². The normalized spacial score (nSPS) is 10.8. The Hall–Kier alpha value is -1.64. The first kappa shape index (κ1) is 13.3. The van der Waals surface area contributed by atoms with Crippen molar-refractivity contribution in [2.75, 3.05) is 5.73 Å². The van der Waals surface area contributed by atoms with Crippen LogP contribution in [0.5, 0.6) is 0 Å². The average Bonchev–Trinajstić information content (AvgIpc) is 2.48. The SMILES string of the molecule is Nc1ccc(SCc2cccc3ccccc23)cc1Cl. The lowest BCUT2D eigenvalue weighted by atomic mass is 10.1. The Labute approximate surface area is 127 Å². The van der Waals surface area contributed by atoms with E-state index < -0.39 is 0 Å². The number of nitrogens with two attached hydrogens (primary N) is 1. The maximum atomic E-state index is 6.05. The van der Waals surface area contributed by atoms with Gasteiger partial charge in [-0.25, -0.2) is 0 Å². The zero-order chi connectivity index (χ0) is 13.9. The lowest BCUT2D eigenvalue weighted by Gasteiger charge is -2.07. The number of hydrogen-bond donors (Lipinski definition) is 1. The van der Waals surface area contributed by atoms with Crippen LogP contribution in [0, 0.1) is 0 Å². The Bertz CT molecular complexity index is 750. The van der Waals surface area contributed by atoms with Crippen LogP contribution in [0.25, 0.3) is 10.8 Å². The highest BCUT2D eigenvalue weighted by Crippen LogP contribution is 2.30. The van der Waals surface area contributed by atoms with Crippen LogP contribution in [0.15, 0.2) is 65.6 Å². The molecule has 0 aliphatic rings. The van der Waals surface area contributed by atoms with E-state index in [2.05, 4.69) is 42.5 Å². The van der Waals surface area contributed by atoms with Crippen molar-refractivity contribution in [3.05, 3.63) is 71.2 Å². The minimum atomic E-state index is 0.618. The molecule has 0 aliphatic heterocycles.